The zero-order valence-electron chi connectivity index (χ0n) is 25.4. The van der Waals surface area contributed by atoms with Crippen molar-refractivity contribution in [2.45, 2.75) is 46.4 Å². The topological polar surface area (TPSA) is 88.4 Å². The summed E-state index contributed by atoms with van der Waals surface area (Å²) in [5.74, 6) is 1.09. The Morgan fingerprint density at radius 2 is 1.89 bits per heavy atom. The fraction of sp³-hybridized carbons (Fsp3) is 0.265. The maximum Gasteiger partial charge on any atom is 0.338 e. The molecule has 0 saturated carbocycles. The Kier molecular flexibility index (Phi) is 10.2. The smallest absolute Gasteiger partial charge is 0.338 e. The summed E-state index contributed by atoms with van der Waals surface area (Å²) in [5.41, 5.74) is 2.72. The van der Waals surface area contributed by atoms with Crippen molar-refractivity contribution in [1.82, 2.24) is 4.57 Å². The van der Waals surface area contributed by atoms with Gasteiger partial charge in [-0.05, 0) is 87.4 Å². The lowest BCUT2D eigenvalue weighted by Crippen LogP contribution is -2.40. The second-order valence-corrected chi connectivity index (χ2v) is 12.8. The van der Waals surface area contributed by atoms with E-state index in [1.807, 2.05) is 62.4 Å². The van der Waals surface area contributed by atoms with Gasteiger partial charge >= 0.3 is 5.97 Å². The average molecular weight is 712 g/mol. The first kappa shape index (κ1) is 32.5. The summed E-state index contributed by atoms with van der Waals surface area (Å²) in [4.78, 5) is 32.7. The molecular formula is C34H32BrClN2O6S. The number of nitrogens with zero attached hydrogens (tertiary/aromatic N) is 2. The van der Waals surface area contributed by atoms with Crippen LogP contribution in [0.1, 0.15) is 50.4 Å². The molecule has 0 radical (unpaired) electrons. The fourth-order valence-corrected chi connectivity index (χ4v) is 6.63. The van der Waals surface area contributed by atoms with Crippen molar-refractivity contribution in [2.24, 2.45) is 4.99 Å². The van der Waals surface area contributed by atoms with Crippen molar-refractivity contribution in [3.63, 3.8) is 0 Å². The van der Waals surface area contributed by atoms with Gasteiger partial charge in [-0.15, -0.1) is 0 Å². The van der Waals surface area contributed by atoms with Crippen molar-refractivity contribution < 1.29 is 23.7 Å². The first-order chi connectivity index (χ1) is 21.6. The number of ether oxygens (including phenoxy) is 4. The summed E-state index contributed by atoms with van der Waals surface area (Å²) < 4.78 is 25.9. The summed E-state index contributed by atoms with van der Waals surface area (Å²) in [6.07, 6.45) is 1.71. The number of methoxy groups -OCH3 is 1. The molecule has 0 bridgehead atoms. The van der Waals surface area contributed by atoms with Gasteiger partial charge in [0.05, 0.1) is 41.7 Å². The highest BCUT2D eigenvalue weighted by Gasteiger charge is 2.34. The van der Waals surface area contributed by atoms with Crippen LogP contribution >= 0.6 is 38.9 Å². The zero-order valence-corrected chi connectivity index (χ0v) is 28.6. The van der Waals surface area contributed by atoms with Crippen LogP contribution in [0.3, 0.4) is 0 Å². The number of aromatic nitrogens is 1. The molecule has 0 spiro atoms. The number of hydrogen-bond donors (Lipinski definition) is 0. The Morgan fingerprint density at radius 3 is 2.60 bits per heavy atom. The van der Waals surface area contributed by atoms with Gasteiger partial charge in [-0.2, -0.15) is 0 Å². The number of esters is 1. The van der Waals surface area contributed by atoms with Crippen molar-refractivity contribution in [2.75, 3.05) is 13.7 Å². The second kappa shape index (κ2) is 14.1. The van der Waals surface area contributed by atoms with E-state index in [0.29, 0.717) is 55.0 Å². The molecule has 2 heterocycles. The van der Waals surface area contributed by atoms with Gasteiger partial charge in [0.1, 0.15) is 12.4 Å². The van der Waals surface area contributed by atoms with Gasteiger partial charge in [-0.1, -0.05) is 57.1 Å². The second-order valence-electron chi connectivity index (χ2n) is 10.5. The van der Waals surface area contributed by atoms with E-state index in [-0.39, 0.29) is 23.8 Å². The summed E-state index contributed by atoms with van der Waals surface area (Å²) >= 11 is 10.9. The van der Waals surface area contributed by atoms with Gasteiger partial charge in [-0.3, -0.25) is 9.36 Å². The summed E-state index contributed by atoms with van der Waals surface area (Å²) in [5, 5.41) is 0.625. The van der Waals surface area contributed by atoms with Crippen LogP contribution in [0.25, 0.3) is 6.08 Å². The van der Waals surface area contributed by atoms with E-state index in [2.05, 4.69) is 20.9 Å². The molecule has 4 aromatic rings. The highest BCUT2D eigenvalue weighted by molar-refractivity contribution is 9.10. The van der Waals surface area contributed by atoms with Gasteiger partial charge < -0.3 is 18.9 Å². The quantitative estimate of drug-likeness (QED) is 0.173. The van der Waals surface area contributed by atoms with Crippen LogP contribution in [-0.2, 0) is 16.1 Å². The maximum atomic E-state index is 14.2. The third-order valence-electron chi connectivity index (χ3n) is 6.92. The Hall–Kier alpha value is -3.86. The predicted octanol–water partition coefficient (Wildman–Crippen LogP) is 6.59. The molecule has 8 nitrogen and oxygen atoms in total. The molecule has 5 rings (SSSR count). The fourth-order valence-electron chi connectivity index (χ4n) is 5.01. The number of allylic oxidation sites excluding steroid dienone is 1. The number of hydrogen-bond acceptors (Lipinski definition) is 8. The molecule has 0 unspecified atom stereocenters. The predicted molar refractivity (Wildman–Crippen MR) is 179 cm³/mol. The summed E-state index contributed by atoms with van der Waals surface area (Å²) in [6, 6.07) is 17.7. The minimum atomic E-state index is -0.800. The molecule has 0 aliphatic carbocycles. The van der Waals surface area contributed by atoms with Crippen LogP contribution in [0.5, 0.6) is 17.2 Å². The Balaban J connectivity index is 1.64. The van der Waals surface area contributed by atoms with Crippen molar-refractivity contribution >= 4 is 50.9 Å². The number of carbonyl (C=O) groups excluding carboxylic acids is 1. The molecule has 1 aromatic heterocycles. The Morgan fingerprint density at radius 1 is 1.11 bits per heavy atom. The molecule has 1 aliphatic heterocycles. The largest absolute Gasteiger partial charge is 0.493 e. The van der Waals surface area contributed by atoms with Gasteiger partial charge in [-0.25, -0.2) is 9.79 Å². The lowest BCUT2D eigenvalue weighted by atomic mass is 9.95. The molecule has 3 aromatic carbocycles. The molecule has 0 N–H and O–H groups in total. The molecule has 234 valence electrons. The van der Waals surface area contributed by atoms with Crippen LogP contribution in [0, 0.1) is 0 Å². The van der Waals surface area contributed by atoms with Crippen LogP contribution in [0.2, 0.25) is 5.02 Å². The Labute approximate surface area is 278 Å². The monoisotopic (exact) mass is 710 g/mol. The van der Waals surface area contributed by atoms with Crippen LogP contribution in [0.4, 0.5) is 0 Å². The maximum absolute atomic E-state index is 14.2. The van der Waals surface area contributed by atoms with Gasteiger partial charge in [0.2, 0.25) is 0 Å². The third-order valence-corrected chi connectivity index (χ3v) is 8.64. The first-order valence-corrected chi connectivity index (χ1v) is 16.3. The molecule has 0 fully saturated rings. The van der Waals surface area contributed by atoms with Crippen molar-refractivity contribution in [3.8, 4) is 17.2 Å². The standard InChI is InChI=1S/C34H32BrClN2O6S/c1-6-42-33(40)30-20(4)37-34-38(31(30)22-10-12-27(44-19(2)3)28(16-22)41-5)32(39)29(45-34)17-23-15-24(35)11-13-26(23)43-18-21-8-7-9-25(36)14-21/h7-17,19,31H,6,18H2,1-5H3/b29-17+/t31-/m1/s1. The van der Waals surface area contributed by atoms with Crippen molar-refractivity contribution in [1.29, 1.82) is 0 Å². The number of halogens is 2. The molecular weight excluding hydrogens is 680 g/mol. The van der Waals surface area contributed by atoms with Gasteiger partial charge in [0.25, 0.3) is 5.56 Å². The lowest BCUT2D eigenvalue weighted by molar-refractivity contribution is -0.139. The minimum Gasteiger partial charge on any atom is -0.493 e. The van der Waals surface area contributed by atoms with E-state index in [4.69, 9.17) is 30.5 Å². The SMILES string of the molecule is CCOC(=O)C1=C(C)N=c2s/c(=C/c3cc(Br)ccc3OCc3cccc(Cl)c3)c(=O)n2[C@@H]1c1ccc(OC(C)C)c(OC)c1. The molecule has 1 atom stereocenters. The average Bonchev–Trinajstić information content (AvgIpc) is 3.30. The highest BCUT2D eigenvalue weighted by atomic mass is 79.9. The van der Waals surface area contributed by atoms with Crippen LogP contribution < -0.4 is 29.1 Å². The normalized spacial score (nSPS) is 14.7. The molecule has 1 aliphatic rings. The van der Waals surface area contributed by atoms with Crippen LogP contribution in [0.15, 0.2) is 86.2 Å². The molecule has 11 heteroatoms. The van der Waals surface area contributed by atoms with Gasteiger partial charge in [0.15, 0.2) is 16.3 Å². The zero-order chi connectivity index (χ0) is 32.2. The highest BCUT2D eigenvalue weighted by Crippen LogP contribution is 2.36. The summed E-state index contributed by atoms with van der Waals surface area (Å²) in [6.45, 7) is 7.82. The first-order valence-electron chi connectivity index (χ1n) is 14.3. The van der Waals surface area contributed by atoms with E-state index in [0.717, 1.165) is 10.0 Å². The van der Waals surface area contributed by atoms with E-state index in [1.165, 1.54) is 15.9 Å². The summed E-state index contributed by atoms with van der Waals surface area (Å²) in [7, 11) is 1.55. The lowest BCUT2D eigenvalue weighted by Gasteiger charge is -2.25. The number of benzene rings is 3. The minimum absolute atomic E-state index is 0.0722. The Bertz CT molecular complexity index is 1970. The molecule has 0 amide bonds. The van der Waals surface area contributed by atoms with Gasteiger partial charge in [0, 0.05) is 15.1 Å². The van der Waals surface area contributed by atoms with E-state index < -0.39 is 12.0 Å². The number of carbonyl (C=O) groups is 1. The van der Waals surface area contributed by atoms with Crippen molar-refractivity contribution in [3.05, 3.63) is 118 Å². The molecule has 45 heavy (non-hydrogen) atoms. The molecule has 0 saturated heterocycles. The number of thiazole rings is 1. The van der Waals surface area contributed by atoms with E-state index in [1.54, 1.807) is 39.2 Å². The van der Waals surface area contributed by atoms with E-state index in [9.17, 15) is 9.59 Å². The van der Waals surface area contributed by atoms with E-state index >= 15 is 0 Å². The number of rotatable bonds is 10. The number of fused-ring (bicyclic) bond motifs is 1. The third kappa shape index (κ3) is 7.19. The van der Waals surface area contributed by atoms with Crippen LogP contribution in [-0.4, -0.2) is 30.4 Å².